The first kappa shape index (κ1) is 11.6. The lowest BCUT2D eigenvalue weighted by Crippen LogP contribution is -2.03. The zero-order valence-corrected chi connectivity index (χ0v) is 10.6. The highest BCUT2D eigenvalue weighted by molar-refractivity contribution is 6.29. The zero-order valence-electron chi connectivity index (χ0n) is 9.84. The highest BCUT2D eigenvalue weighted by atomic mass is 35.5. The molecule has 4 heteroatoms. The van der Waals surface area contributed by atoms with E-state index in [4.69, 9.17) is 16.3 Å². The molecule has 0 spiro atoms. The number of aromatic nitrogens is 2. The first-order chi connectivity index (χ1) is 8.83. The monoisotopic (exact) mass is 260 g/mol. The minimum absolute atomic E-state index is 0.341. The Morgan fingerprint density at radius 1 is 1.17 bits per heavy atom. The molecule has 3 nitrogen and oxygen atoms in total. The van der Waals surface area contributed by atoms with E-state index in [0.717, 1.165) is 30.9 Å². The highest BCUT2D eigenvalue weighted by Crippen LogP contribution is 2.27. The molecule has 0 aliphatic carbocycles. The van der Waals surface area contributed by atoms with E-state index in [1.165, 1.54) is 0 Å². The second kappa shape index (κ2) is 5.04. The van der Waals surface area contributed by atoms with Crippen LogP contribution in [0.2, 0.25) is 5.15 Å². The molecule has 2 heterocycles. The molecule has 1 atom stereocenters. The van der Waals surface area contributed by atoms with Crippen molar-refractivity contribution in [2.45, 2.75) is 12.3 Å². The fraction of sp³-hybridized carbons (Fsp3) is 0.286. The maximum absolute atomic E-state index is 6.09. The molecule has 1 aromatic heterocycles. The number of nitrogens with zero attached hydrogens (tertiary/aromatic N) is 2. The zero-order chi connectivity index (χ0) is 12.4. The van der Waals surface area contributed by atoms with Gasteiger partial charge in [-0.05, 0) is 12.5 Å². The van der Waals surface area contributed by atoms with Crippen molar-refractivity contribution in [2.75, 3.05) is 13.2 Å². The minimum Gasteiger partial charge on any atom is -0.381 e. The van der Waals surface area contributed by atoms with Gasteiger partial charge in [-0.2, -0.15) is 0 Å². The number of rotatable bonds is 2. The van der Waals surface area contributed by atoms with Gasteiger partial charge >= 0.3 is 0 Å². The van der Waals surface area contributed by atoms with E-state index < -0.39 is 0 Å². The Bertz CT molecular complexity index is 539. The average molecular weight is 261 g/mol. The standard InChI is InChI=1S/C14H13ClN2O/c15-13-8-12(11-6-7-18-9-11)16-14(17-13)10-4-2-1-3-5-10/h1-5,8,11H,6-7,9H2/t11-/m1/s1. The lowest BCUT2D eigenvalue weighted by atomic mass is 10.0. The van der Waals surface area contributed by atoms with Gasteiger partial charge in [-0.25, -0.2) is 9.97 Å². The van der Waals surface area contributed by atoms with Gasteiger partial charge < -0.3 is 4.74 Å². The molecule has 18 heavy (non-hydrogen) atoms. The summed E-state index contributed by atoms with van der Waals surface area (Å²) in [6.45, 7) is 1.52. The topological polar surface area (TPSA) is 35.0 Å². The third-order valence-electron chi connectivity index (χ3n) is 3.09. The van der Waals surface area contributed by atoms with Crippen LogP contribution in [0.15, 0.2) is 36.4 Å². The number of hydrogen-bond acceptors (Lipinski definition) is 3. The number of ether oxygens (including phenoxy) is 1. The fourth-order valence-electron chi connectivity index (χ4n) is 2.13. The summed E-state index contributed by atoms with van der Waals surface area (Å²) in [5.74, 6) is 1.03. The minimum atomic E-state index is 0.341. The van der Waals surface area contributed by atoms with Crippen molar-refractivity contribution in [3.8, 4) is 11.4 Å². The van der Waals surface area contributed by atoms with Gasteiger partial charge in [0.1, 0.15) is 5.15 Å². The van der Waals surface area contributed by atoms with Gasteiger partial charge in [-0.1, -0.05) is 41.9 Å². The van der Waals surface area contributed by atoms with Crippen molar-refractivity contribution in [1.29, 1.82) is 0 Å². The Morgan fingerprint density at radius 2 is 2.00 bits per heavy atom. The normalized spacial score (nSPS) is 19.1. The molecule has 2 aromatic rings. The van der Waals surface area contributed by atoms with Crippen molar-refractivity contribution in [2.24, 2.45) is 0 Å². The summed E-state index contributed by atoms with van der Waals surface area (Å²) in [7, 11) is 0. The van der Waals surface area contributed by atoms with Crippen LogP contribution in [0.3, 0.4) is 0 Å². The van der Waals surface area contributed by atoms with Crippen molar-refractivity contribution < 1.29 is 4.74 Å². The van der Waals surface area contributed by atoms with Gasteiger partial charge in [0.25, 0.3) is 0 Å². The van der Waals surface area contributed by atoms with Crippen LogP contribution in [-0.2, 0) is 4.74 Å². The van der Waals surface area contributed by atoms with E-state index in [-0.39, 0.29) is 0 Å². The van der Waals surface area contributed by atoms with E-state index in [1.807, 2.05) is 36.4 Å². The molecule has 0 bridgehead atoms. The van der Waals surface area contributed by atoms with Gasteiger partial charge in [0.15, 0.2) is 5.82 Å². The summed E-state index contributed by atoms with van der Waals surface area (Å²) in [5.41, 5.74) is 1.96. The van der Waals surface area contributed by atoms with E-state index in [1.54, 1.807) is 0 Å². The first-order valence-electron chi connectivity index (χ1n) is 6.00. The molecule has 0 amide bonds. The molecule has 0 radical (unpaired) electrons. The largest absolute Gasteiger partial charge is 0.381 e. The average Bonchev–Trinajstić information content (AvgIpc) is 2.93. The third kappa shape index (κ3) is 2.37. The van der Waals surface area contributed by atoms with Crippen LogP contribution in [0.4, 0.5) is 0 Å². The van der Waals surface area contributed by atoms with Gasteiger partial charge in [0.05, 0.1) is 12.3 Å². The molecule has 0 N–H and O–H groups in total. The molecule has 1 fully saturated rings. The van der Waals surface area contributed by atoms with Crippen LogP contribution in [-0.4, -0.2) is 23.2 Å². The van der Waals surface area contributed by atoms with Crippen LogP contribution in [0, 0.1) is 0 Å². The Balaban J connectivity index is 2.00. The number of benzene rings is 1. The molecule has 0 saturated carbocycles. The quantitative estimate of drug-likeness (QED) is 0.777. The van der Waals surface area contributed by atoms with Gasteiger partial charge in [-0.3, -0.25) is 0 Å². The second-order valence-electron chi connectivity index (χ2n) is 4.37. The van der Waals surface area contributed by atoms with Gasteiger partial charge in [0.2, 0.25) is 0 Å². The first-order valence-corrected chi connectivity index (χ1v) is 6.38. The van der Waals surface area contributed by atoms with E-state index in [0.29, 0.717) is 16.9 Å². The summed E-state index contributed by atoms with van der Waals surface area (Å²) in [6.07, 6.45) is 1.00. The van der Waals surface area contributed by atoms with E-state index in [9.17, 15) is 0 Å². The third-order valence-corrected chi connectivity index (χ3v) is 3.29. The Hall–Kier alpha value is -1.45. The molecule has 1 aliphatic heterocycles. The lowest BCUT2D eigenvalue weighted by molar-refractivity contribution is 0.193. The van der Waals surface area contributed by atoms with Crippen molar-refractivity contribution in [1.82, 2.24) is 9.97 Å². The summed E-state index contributed by atoms with van der Waals surface area (Å²) in [5, 5.41) is 0.491. The lowest BCUT2D eigenvalue weighted by Gasteiger charge is -2.09. The summed E-state index contributed by atoms with van der Waals surface area (Å²) >= 11 is 6.09. The van der Waals surface area contributed by atoms with Gasteiger partial charge in [0, 0.05) is 18.1 Å². The summed E-state index contributed by atoms with van der Waals surface area (Å²) in [4.78, 5) is 8.90. The van der Waals surface area contributed by atoms with Crippen molar-refractivity contribution in [3.05, 3.63) is 47.2 Å². The number of halogens is 1. The Morgan fingerprint density at radius 3 is 2.72 bits per heavy atom. The molecule has 1 aliphatic rings. The molecule has 1 saturated heterocycles. The van der Waals surface area contributed by atoms with Crippen LogP contribution in [0.5, 0.6) is 0 Å². The number of hydrogen-bond donors (Lipinski definition) is 0. The summed E-state index contributed by atoms with van der Waals surface area (Å²) < 4.78 is 5.39. The van der Waals surface area contributed by atoms with Crippen molar-refractivity contribution >= 4 is 11.6 Å². The maximum atomic E-state index is 6.09. The molecular weight excluding hydrogens is 248 g/mol. The predicted octanol–water partition coefficient (Wildman–Crippen LogP) is 3.30. The molecular formula is C14H13ClN2O. The smallest absolute Gasteiger partial charge is 0.161 e. The second-order valence-corrected chi connectivity index (χ2v) is 4.75. The fourth-order valence-corrected chi connectivity index (χ4v) is 2.32. The highest BCUT2D eigenvalue weighted by Gasteiger charge is 2.20. The Labute approximate surface area is 111 Å². The maximum Gasteiger partial charge on any atom is 0.161 e. The predicted molar refractivity (Wildman–Crippen MR) is 70.7 cm³/mol. The van der Waals surface area contributed by atoms with Crippen molar-refractivity contribution in [3.63, 3.8) is 0 Å². The Kier molecular flexibility index (Phi) is 3.26. The van der Waals surface area contributed by atoms with Crippen LogP contribution in [0.25, 0.3) is 11.4 Å². The molecule has 0 unspecified atom stereocenters. The van der Waals surface area contributed by atoms with E-state index in [2.05, 4.69) is 9.97 Å². The van der Waals surface area contributed by atoms with Crippen LogP contribution >= 0.6 is 11.6 Å². The molecule has 1 aromatic carbocycles. The van der Waals surface area contributed by atoms with Crippen LogP contribution < -0.4 is 0 Å². The molecule has 92 valence electrons. The molecule has 3 rings (SSSR count). The van der Waals surface area contributed by atoms with Gasteiger partial charge in [-0.15, -0.1) is 0 Å². The SMILES string of the molecule is Clc1cc([C@@H]2CCOC2)nc(-c2ccccc2)n1. The van der Waals surface area contributed by atoms with Crippen LogP contribution in [0.1, 0.15) is 18.0 Å². The summed E-state index contributed by atoms with van der Waals surface area (Å²) in [6, 6.07) is 11.7. The van der Waals surface area contributed by atoms with E-state index >= 15 is 0 Å².